The maximum Gasteiger partial charge on any atom is 0.341 e. The molecule has 1 aromatic carbocycles. The molecule has 0 aliphatic carbocycles. The molecule has 3 aromatic rings. The third-order valence-electron chi connectivity index (χ3n) is 3.59. The van der Waals surface area contributed by atoms with Crippen LogP contribution in [0.5, 0.6) is 0 Å². The predicted molar refractivity (Wildman–Crippen MR) is 82.9 cm³/mol. The molecule has 0 radical (unpaired) electrons. The number of aromatic nitrogens is 3. The zero-order valence-corrected chi connectivity index (χ0v) is 13.0. The van der Waals surface area contributed by atoms with E-state index < -0.39 is 5.97 Å². The highest BCUT2D eigenvalue weighted by atomic mass is 16.5. The lowest BCUT2D eigenvalue weighted by atomic mass is 10.2. The van der Waals surface area contributed by atoms with E-state index in [0.717, 1.165) is 16.8 Å². The highest BCUT2D eigenvalue weighted by Crippen LogP contribution is 2.14. The predicted octanol–water partition coefficient (Wildman–Crippen LogP) is 2.89. The van der Waals surface area contributed by atoms with Gasteiger partial charge in [-0.2, -0.15) is 5.10 Å². The van der Waals surface area contributed by atoms with Gasteiger partial charge in [0.25, 0.3) is 0 Å². The van der Waals surface area contributed by atoms with E-state index in [0.29, 0.717) is 17.9 Å². The van der Waals surface area contributed by atoms with Gasteiger partial charge in [-0.25, -0.2) is 4.79 Å². The first-order chi connectivity index (χ1) is 11.1. The number of benzene rings is 1. The normalized spacial score (nSPS) is 10.7. The third kappa shape index (κ3) is 3.48. The second-order valence-electron chi connectivity index (χ2n) is 5.29. The van der Waals surface area contributed by atoms with E-state index >= 15 is 0 Å². The molecule has 0 unspecified atom stereocenters. The van der Waals surface area contributed by atoms with Crippen molar-refractivity contribution in [3.63, 3.8) is 0 Å². The number of carbonyl (C=O) groups is 1. The van der Waals surface area contributed by atoms with E-state index in [1.54, 1.807) is 17.8 Å². The molecule has 0 spiro atoms. The molecule has 0 N–H and O–H groups in total. The second kappa shape index (κ2) is 6.48. The Balaban J connectivity index is 1.62. The van der Waals surface area contributed by atoms with Gasteiger partial charge in [0.2, 0.25) is 0 Å². The number of esters is 1. The first-order valence-corrected chi connectivity index (χ1v) is 7.28. The Kier molecular flexibility index (Phi) is 4.23. The Morgan fingerprint density at radius 2 is 2.04 bits per heavy atom. The first-order valence-electron chi connectivity index (χ1n) is 7.28. The van der Waals surface area contributed by atoms with Crippen LogP contribution in [0.2, 0.25) is 0 Å². The highest BCUT2D eigenvalue weighted by Gasteiger charge is 2.14. The molecule has 6 heteroatoms. The van der Waals surface area contributed by atoms with Gasteiger partial charge in [0.15, 0.2) is 0 Å². The fourth-order valence-corrected chi connectivity index (χ4v) is 2.25. The fourth-order valence-electron chi connectivity index (χ4n) is 2.25. The zero-order valence-electron chi connectivity index (χ0n) is 13.0. The SMILES string of the molecule is Cc1noc(C)c1COC(=O)c1cnn(Cc2ccccc2)c1. The lowest BCUT2D eigenvalue weighted by Gasteiger charge is -2.03. The van der Waals surface area contributed by atoms with Crippen molar-refractivity contribution < 1.29 is 14.1 Å². The van der Waals surface area contributed by atoms with Crippen LogP contribution in [0.4, 0.5) is 0 Å². The van der Waals surface area contributed by atoms with Crippen molar-refractivity contribution in [2.45, 2.75) is 27.0 Å². The quantitative estimate of drug-likeness (QED) is 0.678. The van der Waals surface area contributed by atoms with E-state index in [1.165, 1.54) is 6.20 Å². The second-order valence-corrected chi connectivity index (χ2v) is 5.29. The Hall–Kier alpha value is -2.89. The molecule has 2 heterocycles. The van der Waals surface area contributed by atoms with Crippen molar-refractivity contribution in [2.75, 3.05) is 0 Å². The van der Waals surface area contributed by atoms with E-state index in [2.05, 4.69) is 10.3 Å². The van der Waals surface area contributed by atoms with Crippen molar-refractivity contribution in [3.8, 4) is 0 Å². The Bertz CT molecular complexity index is 786. The number of nitrogens with zero attached hydrogens (tertiary/aromatic N) is 3. The summed E-state index contributed by atoms with van der Waals surface area (Å²) < 4.78 is 12.1. The minimum Gasteiger partial charge on any atom is -0.457 e. The Labute approximate surface area is 133 Å². The summed E-state index contributed by atoms with van der Waals surface area (Å²) >= 11 is 0. The van der Waals surface area contributed by atoms with Crippen LogP contribution < -0.4 is 0 Å². The minimum absolute atomic E-state index is 0.143. The molecule has 0 saturated carbocycles. The maximum absolute atomic E-state index is 12.1. The first kappa shape index (κ1) is 15.0. The average molecular weight is 311 g/mol. The van der Waals surface area contributed by atoms with Gasteiger partial charge >= 0.3 is 5.97 Å². The largest absolute Gasteiger partial charge is 0.457 e. The number of hydrogen-bond acceptors (Lipinski definition) is 5. The number of ether oxygens (including phenoxy) is 1. The van der Waals surface area contributed by atoms with Gasteiger partial charge in [-0.15, -0.1) is 0 Å². The van der Waals surface area contributed by atoms with Gasteiger partial charge in [0.1, 0.15) is 12.4 Å². The topological polar surface area (TPSA) is 70.2 Å². The molecule has 3 rings (SSSR count). The van der Waals surface area contributed by atoms with Crippen LogP contribution in [0, 0.1) is 13.8 Å². The van der Waals surface area contributed by atoms with E-state index in [-0.39, 0.29) is 6.61 Å². The molecule has 2 aromatic heterocycles. The van der Waals surface area contributed by atoms with Gasteiger partial charge in [0, 0.05) is 6.20 Å². The summed E-state index contributed by atoms with van der Waals surface area (Å²) in [6.45, 7) is 4.36. The van der Waals surface area contributed by atoms with Gasteiger partial charge < -0.3 is 9.26 Å². The summed E-state index contributed by atoms with van der Waals surface area (Å²) in [4.78, 5) is 12.1. The van der Waals surface area contributed by atoms with E-state index in [9.17, 15) is 4.79 Å². The molecular weight excluding hydrogens is 294 g/mol. The molecule has 0 amide bonds. The highest BCUT2D eigenvalue weighted by molar-refractivity contribution is 5.88. The van der Waals surface area contributed by atoms with E-state index in [4.69, 9.17) is 9.26 Å². The van der Waals surface area contributed by atoms with Crippen molar-refractivity contribution in [3.05, 3.63) is 70.9 Å². The van der Waals surface area contributed by atoms with Gasteiger partial charge in [0.05, 0.1) is 29.6 Å². The number of carbonyl (C=O) groups excluding carboxylic acids is 1. The van der Waals surface area contributed by atoms with Crippen LogP contribution >= 0.6 is 0 Å². The summed E-state index contributed by atoms with van der Waals surface area (Å²) in [5.41, 5.74) is 3.07. The van der Waals surface area contributed by atoms with Crippen LogP contribution in [-0.2, 0) is 17.9 Å². The molecule has 23 heavy (non-hydrogen) atoms. The number of hydrogen-bond donors (Lipinski definition) is 0. The molecule has 0 bridgehead atoms. The molecule has 6 nitrogen and oxygen atoms in total. The van der Waals surface area contributed by atoms with Gasteiger partial charge in [-0.05, 0) is 19.4 Å². The maximum atomic E-state index is 12.1. The monoisotopic (exact) mass is 311 g/mol. The minimum atomic E-state index is -0.413. The summed E-state index contributed by atoms with van der Waals surface area (Å²) in [6, 6.07) is 9.92. The summed E-state index contributed by atoms with van der Waals surface area (Å²) in [6.07, 6.45) is 3.20. The lowest BCUT2D eigenvalue weighted by molar-refractivity contribution is 0.0470. The third-order valence-corrected chi connectivity index (χ3v) is 3.59. The van der Waals surface area contributed by atoms with Gasteiger partial charge in [-0.1, -0.05) is 35.5 Å². The molecule has 0 aliphatic heterocycles. The van der Waals surface area contributed by atoms with Crippen molar-refractivity contribution in [1.29, 1.82) is 0 Å². The standard InChI is InChI=1S/C17H17N3O3/c1-12-16(13(2)23-19-12)11-22-17(21)15-8-18-20(10-15)9-14-6-4-3-5-7-14/h3-8,10H,9,11H2,1-2H3. The number of aryl methyl sites for hydroxylation is 2. The van der Waals surface area contributed by atoms with Crippen LogP contribution in [0.1, 0.15) is 32.9 Å². The summed E-state index contributed by atoms with van der Waals surface area (Å²) in [5.74, 6) is 0.249. The Morgan fingerprint density at radius 1 is 1.26 bits per heavy atom. The molecule has 0 fully saturated rings. The molecule has 118 valence electrons. The molecular formula is C17H17N3O3. The van der Waals surface area contributed by atoms with Gasteiger partial charge in [-0.3, -0.25) is 4.68 Å². The summed E-state index contributed by atoms with van der Waals surface area (Å²) in [5, 5.41) is 8.03. The molecule has 0 aliphatic rings. The van der Waals surface area contributed by atoms with Crippen molar-refractivity contribution >= 4 is 5.97 Å². The van der Waals surface area contributed by atoms with E-state index in [1.807, 2.05) is 37.3 Å². The van der Waals surface area contributed by atoms with Crippen LogP contribution in [-0.4, -0.2) is 20.9 Å². The average Bonchev–Trinajstić information content (AvgIpc) is 3.14. The molecule has 0 saturated heterocycles. The van der Waals surface area contributed by atoms with Crippen LogP contribution in [0.15, 0.2) is 47.2 Å². The smallest absolute Gasteiger partial charge is 0.341 e. The lowest BCUT2D eigenvalue weighted by Crippen LogP contribution is -2.05. The zero-order chi connectivity index (χ0) is 16.2. The number of rotatable bonds is 5. The van der Waals surface area contributed by atoms with Crippen molar-refractivity contribution in [2.24, 2.45) is 0 Å². The van der Waals surface area contributed by atoms with Crippen LogP contribution in [0.25, 0.3) is 0 Å². The fraction of sp³-hybridized carbons (Fsp3) is 0.235. The van der Waals surface area contributed by atoms with Crippen molar-refractivity contribution in [1.82, 2.24) is 14.9 Å². The molecule has 0 atom stereocenters. The van der Waals surface area contributed by atoms with Crippen LogP contribution in [0.3, 0.4) is 0 Å². The summed E-state index contributed by atoms with van der Waals surface area (Å²) in [7, 11) is 0. The Morgan fingerprint density at radius 3 is 2.74 bits per heavy atom.